The molecule has 0 spiro atoms. The van der Waals surface area contributed by atoms with Gasteiger partial charge < -0.3 is 9.47 Å². The minimum absolute atomic E-state index is 0.252. The van der Waals surface area contributed by atoms with E-state index in [0.717, 1.165) is 5.56 Å². The Hall–Kier alpha value is -2.10. The molecule has 3 rings (SSSR count). The number of carbonyl (C=O) groups is 2. The monoisotopic (exact) mass is 230 g/mol. The second-order valence-corrected chi connectivity index (χ2v) is 4.13. The van der Waals surface area contributed by atoms with Crippen molar-refractivity contribution >= 4 is 11.8 Å². The molecule has 86 valence electrons. The van der Waals surface area contributed by atoms with Gasteiger partial charge in [0.1, 0.15) is 11.9 Å². The standard InChI is InChI=1S/C13H10O4/c1-7-6-9(14)11-12(16-7)8-4-2-3-5-10(8)17-13(11)15/h2-6,11-12H,1H3. The third-order valence-corrected chi connectivity index (χ3v) is 2.96. The van der Waals surface area contributed by atoms with E-state index in [2.05, 4.69) is 0 Å². The van der Waals surface area contributed by atoms with Gasteiger partial charge in [0.05, 0.1) is 5.76 Å². The summed E-state index contributed by atoms with van der Waals surface area (Å²) < 4.78 is 10.7. The van der Waals surface area contributed by atoms with Crippen LogP contribution in [0.5, 0.6) is 5.75 Å². The summed E-state index contributed by atoms with van der Waals surface area (Å²) >= 11 is 0. The first-order valence-electron chi connectivity index (χ1n) is 5.36. The van der Waals surface area contributed by atoms with Gasteiger partial charge in [-0.3, -0.25) is 9.59 Å². The van der Waals surface area contributed by atoms with Crippen LogP contribution in [0.25, 0.3) is 0 Å². The van der Waals surface area contributed by atoms with Crippen LogP contribution in [0, 0.1) is 5.92 Å². The predicted molar refractivity (Wildman–Crippen MR) is 58.2 cm³/mol. The Bertz CT molecular complexity index is 544. The van der Waals surface area contributed by atoms with Gasteiger partial charge in [0, 0.05) is 11.6 Å². The molecular weight excluding hydrogens is 220 g/mol. The Morgan fingerprint density at radius 3 is 2.76 bits per heavy atom. The SMILES string of the molecule is CC1=CC(=O)C2C(=O)Oc3ccccc3C2O1. The molecule has 0 fully saturated rings. The largest absolute Gasteiger partial charge is 0.489 e. The van der Waals surface area contributed by atoms with Crippen molar-refractivity contribution < 1.29 is 19.1 Å². The quantitative estimate of drug-likeness (QED) is 0.387. The van der Waals surface area contributed by atoms with Crippen LogP contribution in [-0.2, 0) is 14.3 Å². The molecule has 1 aromatic rings. The number of esters is 1. The van der Waals surface area contributed by atoms with Gasteiger partial charge in [-0.05, 0) is 13.0 Å². The number of para-hydroxylation sites is 1. The highest BCUT2D eigenvalue weighted by molar-refractivity contribution is 6.07. The molecule has 4 nitrogen and oxygen atoms in total. The maximum absolute atomic E-state index is 11.8. The summed E-state index contributed by atoms with van der Waals surface area (Å²) in [4.78, 5) is 23.6. The van der Waals surface area contributed by atoms with Crippen molar-refractivity contribution in [2.45, 2.75) is 13.0 Å². The molecule has 1 aromatic carbocycles. The van der Waals surface area contributed by atoms with E-state index in [-0.39, 0.29) is 5.78 Å². The fourth-order valence-corrected chi connectivity index (χ4v) is 2.20. The van der Waals surface area contributed by atoms with Crippen molar-refractivity contribution in [2.75, 3.05) is 0 Å². The Morgan fingerprint density at radius 2 is 1.94 bits per heavy atom. The average Bonchev–Trinajstić information content (AvgIpc) is 2.28. The summed E-state index contributed by atoms with van der Waals surface area (Å²) in [6, 6.07) is 7.12. The first-order valence-corrected chi connectivity index (χ1v) is 5.36. The van der Waals surface area contributed by atoms with Crippen LogP contribution in [0.1, 0.15) is 18.6 Å². The van der Waals surface area contributed by atoms with Crippen molar-refractivity contribution in [2.24, 2.45) is 5.92 Å². The van der Waals surface area contributed by atoms with Gasteiger partial charge in [0.15, 0.2) is 11.7 Å². The van der Waals surface area contributed by atoms with Gasteiger partial charge in [0.2, 0.25) is 0 Å². The van der Waals surface area contributed by atoms with Gasteiger partial charge in [-0.15, -0.1) is 0 Å². The van der Waals surface area contributed by atoms with E-state index in [9.17, 15) is 9.59 Å². The normalized spacial score (nSPS) is 26.3. The second kappa shape index (κ2) is 3.45. The summed E-state index contributed by atoms with van der Waals surface area (Å²) in [6.45, 7) is 1.71. The highest BCUT2D eigenvalue weighted by atomic mass is 16.6. The molecule has 2 aliphatic rings. The van der Waals surface area contributed by atoms with Crippen molar-refractivity contribution in [1.29, 1.82) is 0 Å². The van der Waals surface area contributed by atoms with E-state index in [1.807, 2.05) is 12.1 Å². The number of hydrogen-bond acceptors (Lipinski definition) is 4. The van der Waals surface area contributed by atoms with Crippen LogP contribution in [0.15, 0.2) is 36.1 Å². The van der Waals surface area contributed by atoms with E-state index in [0.29, 0.717) is 11.5 Å². The second-order valence-electron chi connectivity index (χ2n) is 4.13. The molecule has 0 saturated heterocycles. The molecule has 0 radical (unpaired) electrons. The van der Waals surface area contributed by atoms with Crippen LogP contribution < -0.4 is 4.74 Å². The summed E-state index contributed by atoms with van der Waals surface area (Å²) in [5.74, 6) is -0.656. The first-order chi connectivity index (χ1) is 8.16. The summed E-state index contributed by atoms with van der Waals surface area (Å²) in [6.07, 6.45) is 0.793. The summed E-state index contributed by atoms with van der Waals surface area (Å²) in [7, 11) is 0. The lowest BCUT2D eigenvalue weighted by molar-refractivity contribution is -0.152. The summed E-state index contributed by atoms with van der Waals surface area (Å²) in [5.41, 5.74) is 0.748. The highest BCUT2D eigenvalue weighted by Crippen LogP contribution is 2.42. The number of rotatable bonds is 0. The van der Waals surface area contributed by atoms with Gasteiger partial charge in [-0.25, -0.2) is 0 Å². The van der Waals surface area contributed by atoms with Crippen molar-refractivity contribution in [3.8, 4) is 5.75 Å². The molecule has 0 bridgehead atoms. The molecule has 17 heavy (non-hydrogen) atoms. The lowest BCUT2D eigenvalue weighted by Crippen LogP contribution is -2.39. The van der Waals surface area contributed by atoms with E-state index in [4.69, 9.17) is 9.47 Å². The molecule has 2 unspecified atom stereocenters. The highest BCUT2D eigenvalue weighted by Gasteiger charge is 2.45. The maximum Gasteiger partial charge on any atom is 0.326 e. The van der Waals surface area contributed by atoms with Crippen molar-refractivity contribution in [1.82, 2.24) is 0 Å². The smallest absolute Gasteiger partial charge is 0.326 e. The van der Waals surface area contributed by atoms with Gasteiger partial charge in [-0.1, -0.05) is 18.2 Å². The predicted octanol–water partition coefficient (Wildman–Crippen LogP) is 1.77. The first kappa shape index (κ1) is 10.1. The van der Waals surface area contributed by atoms with Gasteiger partial charge in [-0.2, -0.15) is 0 Å². The van der Waals surface area contributed by atoms with Crippen LogP contribution in [0.2, 0.25) is 0 Å². The van der Waals surface area contributed by atoms with E-state index in [1.54, 1.807) is 19.1 Å². The minimum atomic E-state index is -0.867. The minimum Gasteiger partial charge on any atom is -0.489 e. The van der Waals surface area contributed by atoms with Crippen molar-refractivity contribution in [3.05, 3.63) is 41.7 Å². The molecule has 2 heterocycles. The van der Waals surface area contributed by atoms with E-state index in [1.165, 1.54) is 6.08 Å². The molecular formula is C13H10O4. The Balaban J connectivity index is 2.14. The number of fused-ring (bicyclic) bond motifs is 3. The lowest BCUT2D eigenvalue weighted by atomic mass is 9.87. The Kier molecular flexibility index (Phi) is 2.04. The fourth-order valence-electron chi connectivity index (χ4n) is 2.20. The molecule has 0 aromatic heterocycles. The molecule has 2 atom stereocenters. The number of hydrogen-bond donors (Lipinski definition) is 0. The number of benzene rings is 1. The number of ether oxygens (including phenoxy) is 2. The molecule has 0 amide bonds. The topological polar surface area (TPSA) is 52.6 Å². The molecule has 0 saturated carbocycles. The number of carbonyl (C=O) groups excluding carboxylic acids is 2. The third-order valence-electron chi connectivity index (χ3n) is 2.96. The molecule has 4 heteroatoms. The molecule has 0 aliphatic carbocycles. The van der Waals surface area contributed by atoms with Crippen LogP contribution in [0.3, 0.4) is 0 Å². The average molecular weight is 230 g/mol. The van der Waals surface area contributed by atoms with Crippen LogP contribution in [0.4, 0.5) is 0 Å². The van der Waals surface area contributed by atoms with E-state index < -0.39 is 18.0 Å². The zero-order valence-corrected chi connectivity index (χ0v) is 9.17. The maximum atomic E-state index is 11.8. The zero-order chi connectivity index (χ0) is 12.0. The lowest BCUT2D eigenvalue weighted by Gasteiger charge is -2.33. The van der Waals surface area contributed by atoms with Crippen molar-refractivity contribution in [3.63, 3.8) is 0 Å². The van der Waals surface area contributed by atoms with Crippen LogP contribution >= 0.6 is 0 Å². The van der Waals surface area contributed by atoms with Crippen LogP contribution in [-0.4, -0.2) is 11.8 Å². The summed E-state index contributed by atoms with van der Waals surface area (Å²) in [5, 5.41) is 0. The Morgan fingerprint density at radius 1 is 1.18 bits per heavy atom. The zero-order valence-electron chi connectivity index (χ0n) is 9.17. The number of ketones is 1. The van der Waals surface area contributed by atoms with Gasteiger partial charge >= 0.3 is 5.97 Å². The number of allylic oxidation sites excluding steroid dienone is 2. The molecule has 0 N–H and O–H groups in total. The molecule has 2 aliphatic heterocycles. The van der Waals surface area contributed by atoms with Gasteiger partial charge in [0.25, 0.3) is 0 Å². The Labute approximate surface area is 97.8 Å². The van der Waals surface area contributed by atoms with E-state index >= 15 is 0 Å². The fraction of sp³-hybridized carbons (Fsp3) is 0.231. The third kappa shape index (κ3) is 1.45.